The molecule has 0 aliphatic rings. The Kier molecular flexibility index (Phi) is 13.7. The van der Waals surface area contributed by atoms with E-state index in [0.717, 1.165) is 23.8 Å². The van der Waals surface area contributed by atoms with E-state index >= 15 is 0 Å². The van der Waals surface area contributed by atoms with Gasteiger partial charge in [0.2, 0.25) is 0 Å². The van der Waals surface area contributed by atoms with Crippen LogP contribution in [0.2, 0.25) is 0 Å². The summed E-state index contributed by atoms with van der Waals surface area (Å²) in [6.45, 7) is 7.19. The van der Waals surface area contributed by atoms with Crippen LogP contribution < -0.4 is 15.4 Å². The number of guanidine groups is 1. The molecule has 1 aromatic rings. The number of nitrogens with zero attached hydrogens (tertiary/aromatic N) is 1. The van der Waals surface area contributed by atoms with Crippen molar-refractivity contribution in [2.24, 2.45) is 4.99 Å². The van der Waals surface area contributed by atoms with Gasteiger partial charge in [0.15, 0.2) is 5.96 Å². The van der Waals surface area contributed by atoms with Crippen LogP contribution in [0, 0.1) is 0 Å². The third-order valence-corrected chi connectivity index (χ3v) is 3.10. The van der Waals surface area contributed by atoms with Crippen LogP contribution in [0.3, 0.4) is 0 Å². The van der Waals surface area contributed by atoms with E-state index in [-0.39, 0.29) is 30.0 Å². The average molecular weight is 451 g/mol. The maximum atomic E-state index is 5.68. The molecule has 0 aromatic heterocycles. The zero-order chi connectivity index (χ0) is 16.9. The summed E-state index contributed by atoms with van der Waals surface area (Å²) in [5.41, 5.74) is 1.04. The molecule has 7 heteroatoms. The molecule has 1 unspecified atom stereocenters. The number of rotatable bonds is 10. The highest BCUT2D eigenvalue weighted by molar-refractivity contribution is 14.0. The van der Waals surface area contributed by atoms with Crippen LogP contribution in [0.5, 0.6) is 5.75 Å². The van der Waals surface area contributed by atoms with Gasteiger partial charge in [-0.1, -0.05) is 18.2 Å². The second-order valence-corrected chi connectivity index (χ2v) is 5.13. The Bertz CT molecular complexity index is 472. The van der Waals surface area contributed by atoms with Crippen LogP contribution in [-0.2, 0) is 16.1 Å². The average Bonchev–Trinajstić information content (AvgIpc) is 2.55. The van der Waals surface area contributed by atoms with E-state index in [4.69, 9.17) is 14.2 Å². The lowest BCUT2D eigenvalue weighted by molar-refractivity contribution is 0.126. The summed E-state index contributed by atoms with van der Waals surface area (Å²) in [6, 6.07) is 8.06. The number of nitrogens with one attached hydrogen (secondary N) is 2. The zero-order valence-electron chi connectivity index (χ0n) is 15.0. The molecule has 0 aliphatic heterocycles. The van der Waals surface area contributed by atoms with Crippen molar-refractivity contribution in [1.82, 2.24) is 10.6 Å². The summed E-state index contributed by atoms with van der Waals surface area (Å²) in [6.07, 6.45) is 0. The maximum Gasteiger partial charge on any atom is 0.191 e. The number of benzene rings is 1. The lowest BCUT2D eigenvalue weighted by Crippen LogP contribution is -2.44. The SMILES string of the molecule is CCNC(=NCCOCc1ccccc1OC)NC(C)COC.I. The lowest BCUT2D eigenvalue weighted by atomic mass is 10.2. The van der Waals surface area contributed by atoms with Crippen LogP contribution in [0.25, 0.3) is 0 Å². The summed E-state index contributed by atoms with van der Waals surface area (Å²) >= 11 is 0. The van der Waals surface area contributed by atoms with E-state index in [0.29, 0.717) is 26.4 Å². The Morgan fingerprint density at radius 3 is 2.67 bits per heavy atom. The van der Waals surface area contributed by atoms with Gasteiger partial charge in [0.1, 0.15) is 5.75 Å². The normalized spacial score (nSPS) is 12.2. The fraction of sp³-hybridized carbons (Fsp3) is 0.588. The van der Waals surface area contributed by atoms with E-state index < -0.39 is 0 Å². The standard InChI is InChI=1S/C17H29N3O3.HI/c1-5-18-17(20-14(2)12-21-3)19-10-11-23-13-15-8-6-7-9-16(15)22-4;/h6-9,14H,5,10-13H2,1-4H3,(H2,18,19,20);1H. The van der Waals surface area contributed by atoms with E-state index in [1.54, 1.807) is 14.2 Å². The van der Waals surface area contributed by atoms with Gasteiger partial charge in [-0.15, -0.1) is 24.0 Å². The molecular formula is C17H30IN3O3. The van der Waals surface area contributed by atoms with Gasteiger partial charge in [0.25, 0.3) is 0 Å². The number of hydrogen-bond donors (Lipinski definition) is 2. The molecule has 0 heterocycles. The second-order valence-electron chi connectivity index (χ2n) is 5.13. The molecule has 0 radical (unpaired) electrons. The maximum absolute atomic E-state index is 5.68. The van der Waals surface area contributed by atoms with E-state index in [9.17, 15) is 0 Å². The molecule has 0 saturated heterocycles. The van der Waals surface area contributed by atoms with Gasteiger partial charge in [-0.05, 0) is 19.9 Å². The molecule has 0 bridgehead atoms. The summed E-state index contributed by atoms with van der Waals surface area (Å²) in [5.74, 6) is 1.62. The molecule has 24 heavy (non-hydrogen) atoms. The summed E-state index contributed by atoms with van der Waals surface area (Å²) in [4.78, 5) is 4.49. The summed E-state index contributed by atoms with van der Waals surface area (Å²) < 4.78 is 16.1. The lowest BCUT2D eigenvalue weighted by Gasteiger charge is -2.17. The molecule has 6 nitrogen and oxygen atoms in total. The number of para-hydroxylation sites is 1. The highest BCUT2D eigenvalue weighted by Gasteiger charge is 2.04. The van der Waals surface area contributed by atoms with Crippen LogP contribution >= 0.6 is 24.0 Å². The Morgan fingerprint density at radius 1 is 1.25 bits per heavy atom. The van der Waals surface area contributed by atoms with Gasteiger partial charge < -0.3 is 24.8 Å². The minimum absolute atomic E-state index is 0. The van der Waals surface area contributed by atoms with Gasteiger partial charge in [0.05, 0.1) is 33.5 Å². The fourth-order valence-corrected chi connectivity index (χ4v) is 2.07. The predicted octanol–water partition coefficient (Wildman–Crippen LogP) is 2.42. The number of hydrogen-bond acceptors (Lipinski definition) is 4. The Hall–Kier alpha value is -1.06. The molecule has 1 atom stereocenters. The first-order valence-corrected chi connectivity index (χ1v) is 7.94. The van der Waals surface area contributed by atoms with Gasteiger partial charge >= 0.3 is 0 Å². The second kappa shape index (κ2) is 14.3. The number of methoxy groups -OCH3 is 2. The van der Waals surface area contributed by atoms with Gasteiger partial charge in [-0.25, -0.2) is 0 Å². The van der Waals surface area contributed by atoms with Gasteiger partial charge in [0, 0.05) is 25.3 Å². The first-order valence-electron chi connectivity index (χ1n) is 7.94. The summed E-state index contributed by atoms with van der Waals surface area (Å²) in [7, 11) is 3.35. The molecule has 1 aromatic carbocycles. The number of aliphatic imine (C=N–C) groups is 1. The molecule has 0 spiro atoms. The van der Waals surface area contributed by atoms with Crippen molar-refractivity contribution in [3.05, 3.63) is 29.8 Å². The van der Waals surface area contributed by atoms with Crippen molar-refractivity contribution < 1.29 is 14.2 Å². The van der Waals surface area contributed by atoms with E-state index in [1.807, 2.05) is 31.2 Å². The van der Waals surface area contributed by atoms with Crippen molar-refractivity contribution in [3.8, 4) is 5.75 Å². The highest BCUT2D eigenvalue weighted by Crippen LogP contribution is 2.17. The van der Waals surface area contributed by atoms with Crippen molar-refractivity contribution in [1.29, 1.82) is 0 Å². The predicted molar refractivity (Wildman–Crippen MR) is 109 cm³/mol. The molecule has 0 saturated carbocycles. The quantitative estimate of drug-likeness (QED) is 0.248. The minimum atomic E-state index is 0. The highest BCUT2D eigenvalue weighted by atomic mass is 127. The van der Waals surface area contributed by atoms with E-state index in [1.165, 1.54) is 0 Å². The summed E-state index contributed by atoms with van der Waals surface area (Å²) in [5, 5.41) is 6.49. The zero-order valence-corrected chi connectivity index (χ0v) is 17.3. The smallest absolute Gasteiger partial charge is 0.191 e. The largest absolute Gasteiger partial charge is 0.496 e. The van der Waals surface area contributed by atoms with Crippen molar-refractivity contribution >= 4 is 29.9 Å². The number of ether oxygens (including phenoxy) is 3. The monoisotopic (exact) mass is 451 g/mol. The van der Waals surface area contributed by atoms with Crippen LogP contribution in [0.15, 0.2) is 29.3 Å². The van der Waals surface area contributed by atoms with Gasteiger partial charge in [-0.3, -0.25) is 4.99 Å². The molecule has 1 rings (SSSR count). The van der Waals surface area contributed by atoms with Crippen molar-refractivity contribution in [2.45, 2.75) is 26.5 Å². The fourth-order valence-electron chi connectivity index (χ4n) is 2.07. The molecule has 0 aliphatic carbocycles. The van der Waals surface area contributed by atoms with Crippen molar-refractivity contribution in [2.75, 3.05) is 40.5 Å². The molecule has 138 valence electrons. The van der Waals surface area contributed by atoms with Crippen LogP contribution in [-0.4, -0.2) is 52.5 Å². The minimum Gasteiger partial charge on any atom is -0.496 e. The molecule has 0 amide bonds. The van der Waals surface area contributed by atoms with Gasteiger partial charge in [-0.2, -0.15) is 0 Å². The van der Waals surface area contributed by atoms with E-state index in [2.05, 4.69) is 22.5 Å². The topological polar surface area (TPSA) is 64.1 Å². The van der Waals surface area contributed by atoms with Crippen LogP contribution in [0.1, 0.15) is 19.4 Å². The first kappa shape index (κ1) is 22.9. The third-order valence-electron chi connectivity index (χ3n) is 3.10. The molecule has 0 fully saturated rings. The third kappa shape index (κ3) is 9.29. The van der Waals surface area contributed by atoms with Crippen molar-refractivity contribution in [3.63, 3.8) is 0 Å². The Morgan fingerprint density at radius 2 is 2.00 bits per heavy atom. The van der Waals surface area contributed by atoms with Crippen LogP contribution in [0.4, 0.5) is 0 Å². The number of halogens is 1. The molecule has 2 N–H and O–H groups in total. The Labute approximate surface area is 162 Å². The Balaban J connectivity index is 0.00000529. The molecular weight excluding hydrogens is 421 g/mol. The first-order chi connectivity index (χ1) is 11.2.